The monoisotopic (exact) mass is 319 g/mol. The van der Waals surface area contributed by atoms with Crippen molar-refractivity contribution in [3.63, 3.8) is 0 Å². The Bertz CT molecular complexity index is 618. The normalized spacial score (nSPS) is 16.0. The van der Waals surface area contributed by atoms with Crippen molar-refractivity contribution in [2.24, 2.45) is 0 Å². The van der Waals surface area contributed by atoms with Crippen molar-refractivity contribution in [3.05, 3.63) is 29.6 Å². The molecule has 0 unspecified atom stereocenters. The molecule has 5 nitrogen and oxygen atoms in total. The molecule has 1 aliphatic rings. The highest BCUT2D eigenvalue weighted by molar-refractivity contribution is 7.80. The zero-order valence-corrected chi connectivity index (χ0v) is 14.2. The lowest BCUT2D eigenvalue weighted by molar-refractivity contribution is -0.133. The van der Waals surface area contributed by atoms with E-state index >= 15 is 0 Å². The van der Waals surface area contributed by atoms with Gasteiger partial charge >= 0.3 is 0 Å². The van der Waals surface area contributed by atoms with Crippen LogP contribution in [0.3, 0.4) is 0 Å². The van der Waals surface area contributed by atoms with Gasteiger partial charge in [0.05, 0.1) is 0 Å². The highest BCUT2D eigenvalue weighted by Crippen LogP contribution is 2.20. The maximum absolute atomic E-state index is 12.5. The molecular formula is C16H21N3O2S. The van der Waals surface area contributed by atoms with E-state index in [4.69, 9.17) is 12.2 Å². The van der Waals surface area contributed by atoms with Gasteiger partial charge < -0.3 is 4.57 Å². The Balaban J connectivity index is 2.41. The second-order valence-electron chi connectivity index (χ2n) is 5.43. The second-order valence-corrected chi connectivity index (χ2v) is 5.79. The average molecular weight is 319 g/mol. The molecule has 118 valence electrons. The first-order chi connectivity index (χ1) is 10.4. The minimum absolute atomic E-state index is 0.166. The fraction of sp³-hybridized carbons (Fsp3) is 0.438. The molecule has 1 saturated heterocycles. The van der Waals surface area contributed by atoms with Gasteiger partial charge in [0.25, 0.3) is 11.8 Å². The standard InChI is InChI=1S/C16H21N3O2S/c1-5-18-14(20)13(15(21)19(6-2)16(18)22)9-12-7-8-17(10-12)11(3)4/h7-11H,5-6H2,1-4H3. The van der Waals surface area contributed by atoms with E-state index in [-0.39, 0.29) is 22.5 Å². The van der Waals surface area contributed by atoms with Gasteiger partial charge in [-0.2, -0.15) is 0 Å². The minimum atomic E-state index is -0.320. The molecule has 0 bridgehead atoms. The van der Waals surface area contributed by atoms with Crippen LogP contribution in [0, 0.1) is 0 Å². The van der Waals surface area contributed by atoms with Crippen LogP contribution < -0.4 is 0 Å². The summed E-state index contributed by atoms with van der Waals surface area (Å²) in [6.45, 7) is 8.74. The number of nitrogens with zero attached hydrogens (tertiary/aromatic N) is 3. The average Bonchev–Trinajstić information content (AvgIpc) is 2.93. The van der Waals surface area contributed by atoms with Crippen molar-refractivity contribution in [3.8, 4) is 0 Å². The van der Waals surface area contributed by atoms with E-state index < -0.39 is 0 Å². The first-order valence-electron chi connectivity index (χ1n) is 7.47. The highest BCUT2D eigenvalue weighted by atomic mass is 32.1. The largest absolute Gasteiger partial charge is 0.351 e. The maximum Gasteiger partial charge on any atom is 0.265 e. The Morgan fingerprint density at radius 3 is 2.09 bits per heavy atom. The molecule has 1 aliphatic heterocycles. The molecule has 0 radical (unpaired) electrons. The summed E-state index contributed by atoms with van der Waals surface area (Å²) in [5, 5.41) is 0.289. The van der Waals surface area contributed by atoms with Crippen molar-refractivity contribution in [1.29, 1.82) is 0 Å². The van der Waals surface area contributed by atoms with Gasteiger partial charge in [-0.05, 0) is 57.6 Å². The van der Waals surface area contributed by atoms with Crippen LogP contribution in [0.2, 0.25) is 0 Å². The summed E-state index contributed by atoms with van der Waals surface area (Å²) in [6, 6.07) is 2.23. The third-order valence-corrected chi connectivity index (χ3v) is 4.13. The number of aromatic nitrogens is 1. The van der Waals surface area contributed by atoms with E-state index in [1.165, 1.54) is 9.80 Å². The Morgan fingerprint density at radius 1 is 1.14 bits per heavy atom. The number of likely N-dealkylation sites (N-methyl/N-ethyl adjacent to an activating group) is 2. The third kappa shape index (κ3) is 2.83. The lowest BCUT2D eigenvalue weighted by Gasteiger charge is -2.35. The van der Waals surface area contributed by atoms with Crippen LogP contribution in [0.25, 0.3) is 6.08 Å². The van der Waals surface area contributed by atoms with Crippen molar-refractivity contribution in [2.45, 2.75) is 33.7 Å². The molecule has 1 aromatic heterocycles. The van der Waals surface area contributed by atoms with Crippen LogP contribution in [0.1, 0.15) is 39.3 Å². The van der Waals surface area contributed by atoms with Crippen molar-refractivity contribution in [2.75, 3.05) is 13.1 Å². The van der Waals surface area contributed by atoms with Crippen LogP contribution in [0.5, 0.6) is 0 Å². The van der Waals surface area contributed by atoms with Crippen LogP contribution in [-0.4, -0.2) is 44.4 Å². The summed E-state index contributed by atoms with van der Waals surface area (Å²) in [6.07, 6.45) is 5.52. The summed E-state index contributed by atoms with van der Waals surface area (Å²) < 4.78 is 2.03. The quantitative estimate of drug-likeness (QED) is 0.486. The zero-order valence-electron chi connectivity index (χ0n) is 13.4. The Morgan fingerprint density at radius 2 is 1.68 bits per heavy atom. The minimum Gasteiger partial charge on any atom is -0.351 e. The SMILES string of the molecule is CCN1C(=O)C(=Cc2ccn(C(C)C)c2)C(=O)N(CC)C1=S. The topological polar surface area (TPSA) is 45.6 Å². The van der Waals surface area contributed by atoms with Gasteiger partial charge in [0.15, 0.2) is 5.11 Å². The van der Waals surface area contributed by atoms with E-state index in [1.54, 1.807) is 6.08 Å². The van der Waals surface area contributed by atoms with Gasteiger partial charge in [-0.3, -0.25) is 19.4 Å². The van der Waals surface area contributed by atoms with Crippen LogP contribution in [-0.2, 0) is 9.59 Å². The van der Waals surface area contributed by atoms with Gasteiger partial charge in [0, 0.05) is 31.5 Å². The molecule has 0 saturated carbocycles. The molecule has 0 spiro atoms. The molecule has 0 aliphatic carbocycles. The molecule has 1 fully saturated rings. The fourth-order valence-corrected chi connectivity index (χ4v) is 2.81. The number of rotatable bonds is 4. The van der Waals surface area contributed by atoms with Crippen molar-refractivity contribution in [1.82, 2.24) is 14.4 Å². The first-order valence-corrected chi connectivity index (χ1v) is 7.88. The van der Waals surface area contributed by atoms with Crippen LogP contribution in [0.15, 0.2) is 24.0 Å². The molecular weight excluding hydrogens is 298 g/mol. The van der Waals surface area contributed by atoms with Crippen LogP contribution in [0.4, 0.5) is 0 Å². The molecule has 0 atom stereocenters. The van der Waals surface area contributed by atoms with Gasteiger partial charge in [0.2, 0.25) is 0 Å². The Labute approximate surface area is 136 Å². The molecule has 0 N–H and O–H groups in total. The number of carbonyl (C=O) groups is 2. The molecule has 2 amide bonds. The zero-order chi connectivity index (χ0) is 16.4. The molecule has 6 heteroatoms. The fourth-order valence-electron chi connectivity index (χ4n) is 2.39. The predicted molar refractivity (Wildman–Crippen MR) is 90.2 cm³/mol. The van der Waals surface area contributed by atoms with E-state index in [9.17, 15) is 9.59 Å². The predicted octanol–water partition coefficient (Wildman–Crippen LogP) is 2.45. The van der Waals surface area contributed by atoms with Crippen molar-refractivity contribution < 1.29 is 9.59 Å². The number of hydrogen-bond acceptors (Lipinski definition) is 3. The molecule has 2 rings (SSSR count). The lowest BCUT2D eigenvalue weighted by atomic mass is 10.1. The van der Waals surface area contributed by atoms with Crippen molar-refractivity contribution >= 4 is 35.2 Å². The lowest BCUT2D eigenvalue weighted by Crippen LogP contribution is -2.55. The van der Waals surface area contributed by atoms with Gasteiger partial charge in [0.1, 0.15) is 5.57 Å². The van der Waals surface area contributed by atoms with Crippen LogP contribution >= 0.6 is 12.2 Å². The highest BCUT2D eigenvalue weighted by Gasteiger charge is 2.37. The molecule has 1 aromatic rings. The van der Waals surface area contributed by atoms with Gasteiger partial charge in [-0.15, -0.1) is 0 Å². The summed E-state index contributed by atoms with van der Waals surface area (Å²) in [7, 11) is 0. The number of carbonyl (C=O) groups excluding carboxylic acids is 2. The summed E-state index contributed by atoms with van der Waals surface area (Å²) >= 11 is 5.24. The van der Waals surface area contributed by atoms with E-state index in [0.717, 1.165) is 5.56 Å². The third-order valence-electron chi connectivity index (χ3n) is 3.69. The number of thiocarbonyl (C=S) groups is 1. The van der Waals surface area contributed by atoms with Gasteiger partial charge in [-0.1, -0.05) is 0 Å². The summed E-state index contributed by atoms with van der Waals surface area (Å²) in [4.78, 5) is 27.9. The maximum atomic E-state index is 12.5. The summed E-state index contributed by atoms with van der Waals surface area (Å²) in [5.74, 6) is -0.640. The number of hydrogen-bond donors (Lipinski definition) is 0. The first kappa shape index (κ1) is 16.4. The second kappa shape index (κ2) is 6.44. The van der Waals surface area contributed by atoms with E-state index in [1.807, 2.05) is 36.9 Å². The van der Waals surface area contributed by atoms with E-state index in [0.29, 0.717) is 19.1 Å². The molecule has 2 heterocycles. The number of amides is 2. The molecule has 22 heavy (non-hydrogen) atoms. The van der Waals surface area contributed by atoms with Gasteiger partial charge in [-0.25, -0.2) is 0 Å². The Hall–Kier alpha value is -1.95. The van der Waals surface area contributed by atoms with E-state index in [2.05, 4.69) is 13.8 Å². The molecule has 0 aromatic carbocycles. The smallest absolute Gasteiger partial charge is 0.265 e. The Kier molecular flexibility index (Phi) is 4.81. The summed E-state index contributed by atoms with van der Waals surface area (Å²) in [5.41, 5.74) is 1.00.